The fraction of sp³-hybridized carbons (Fsp3) is 0. The Morgan fingerprint density at radius 3 is 2.43 bits per heavy atom. The number of fused-ring (bicyclic) bond motifs is 1. The average molecular weight is 345 g/mol. The molecule has 0 bridgehead atoms. The number of pyridine rings is 1. The molecule has 116 valence electrons. The van der Waals surface area contributed by atoms with Gasteiger partial charge < -0.3 is 5.73 Å². The van der Waals surface area contributed by atoms with Crippen molar-refractivity contribution in [1.29, 1.82) is 0 Å². The Hall–Kier alpha value is -2.36. The zero-order valence-corrected chi connectivity index (χ0v) is 13.6. The molecule has 0 unspecified atom stereocenters. The van der Waals surface area contributed by atoms with Gasteiger partial charge in [0.25, 0.3) is 0 Å². The van der Waals surface area contributed by atoms with Crippen LogP contribution in [0.1, 0.15) is 11.1 Å². The molecule has 0 saturated carbocycles. The van der Waals surface area contributed by atoms with Crippen molar-refractivity contribution in [2.45, 2.75) is 0 Å². The van der Waals surface area contributed by atoms with Gasteiger partial charge in [-0.15, -0.1) is 12.4 Å². The van der Waals surface area contributed by atoms with Crippen LogP contribution in [0.25, 0.3) is 16.5 Å². The molecule has 1 aromatic heterocycles. The third-order valence-corrected chi connectivity index (χ3v) is 3.63. The van der Waals surface area contributed by atoms with Crippen LogP contribution in [-0.2, 0) is 4.79 Å². The molecule has 5 heteroatoms. The summed E-state index contributed by atoms with van der Waals surface area (Å²) in [6.07, 6.45) is 3.16. The maximum absolute atomic E-state index is 11.5. The molecule has 0 aliphatic heterocycles. The molecule has 2 aromatic carbocycles. The van der Waals surface area contributed by atoms with Gasteiger partial charge in [0.05, 0.1) is 5.52 Å². The molecule has 23 heavy (non-hydrogen) atoms. The molecule has 0 aliphatic rings. The molecular weight excluding hydrogens is 331 g/mol. The van der Waals surface area contributed by atoms with Crippen LogP contribution in [-0.4, -0.2) is 10.9 Å². The summed E-state index contributed by atoms with van der Waals surface area (Å²) in [5, 5.41) is 1.61. The topological polar surface area (TPSA) is 56.0 Å². The van der Waals surface area contributed by atoms with Crippen LogP contribution in [0.5, 0.6) is 0 Å². The van der Waals surface area contributed by atoms with Gasteiger partial charge in [0.15, 0.2) is 0 Å². The van der Waals surface area contributed by atoms with Crippen LogP contribution in [0.4, 0.5) is 0 Å². The first-order valence-corrected chi connectivity index (χ1v) is 7.14. The Kier molecular flexibility index (Phi) is 5.37. The van der Waals surface area contributed by atoms with E-state index < -0.39 is 5.91 Å². The first kappa shape index (κ1) is 17.0. The van der Waals surface area contributed by atoms with E-state index >= 15 is 0 Å². The van der Waals surface area contributed by atoms with Crippen molar-refractivity contribution < 1.29 is 4.79 Å². The van der Waals surface area contributed by atoms with E-state index in [0.29, 0.717) is 5.02 Å². The minimum absolute atomic E-state index is 0. The van der Waals surface area contributed by atoms with Crippen LogP contribution in [0, 0.1) is 0 Å². The highest BCUT2D eigenvalue weighted by Gasteiger charge is 2.10. The highest BCUT2D eigenvalue weighted by molar-refractivity contribution is 6.30. The number of nitrogens with two attached hydrogens (primary N) is 1. The minimum Gasteiger partial charge on any atom is -0.366 e. The molecule has 0 radical (unpaired) electrons. The summed E-state index contributed by atoms with van der Waals surface area (Å²) in [6, 6.07) is 17.0. The lowest BCUT2D eigenvalue weighted by molar-refractivity contribution is -0.113. The number of para-hydroxylation sites is 1. The third kappa shape index (κ3) is 3.70. The van der Waals surface area contributed by atoms with Crippen LogP contribution < -0.4 is 5.73 Å². The summed E-state index contributed by atoms with van der Waals surface area (Å²) in [5.41, 5.74) is 8.79. The highest BCUT2D eigenvalue weighted by Crippen LogP contribution is 2.29. The molecule has 0 aliphatic carbocycles. The summed E-state index contributed by atoms with van der Waals surface area (Å²) in [5.74, 6) is -0.495. The van der Waals surface area contributed by atoms with Gasteiger partial charge in [0.1, 0.15) is 0 Å². The lowest BCUT2D eigenvalue weighted by Gasteiger charge is -2.11. The van der Waals surface area contributed by atoms with Gasteiger partial charge in [-0.05, 0) is 41.0 Å². The van der Waals surface area contributed by atoms with E-state index in [-0.39, 0.29) is 12.4 Å². The Morgan fingerprint density at radius 2 is 1.74 bits per heavy atom. The second-order valence-electron chi connectivity index (χ2n) is 4.84. The van der Waals surface area contributed by atoms with Crippen LogP contribution in [0.3, 0.4) is 0 Å². The number of amides is 1. The lowest BCUT2D eigenvalue weighted by Crippen LogP contribution is -2.07. The molecule has 0 fully saturated rings. The molecule has 3 aromatic rings. The van der Waals surface area contributed by atoms with Crippen LogP contribution in [0.2, 0.25) is 5.02 Å². The van der Waals surface area contributed by atoms with Crippen molar-refractivity contribution in [3.05, 3.63) is 83.0 Å². The van der Waals surface area contributed by atoms with Gasteiger partial charge in [0, 0.05) is 22.7 Å². The number of halogens is 2. The quantitative estimate of drug-likeness (QED) is 0.723. The van der Waals surface area contributed by atoms with Crippen molar-refractivity contribution in [2.75, 3.05) is 0 Å². The molecule has 2 N–H and O–H groups in total. The van der Waals surface area contributed by atoms with Gasteiger partial charge in [-0.2, -0.15) is 0 Å². The maximum Gasteiger partial charge on any atom is 0.242 e. The average Bonchev–Trinajstić information content (AvgIpc) is 2.53. The van der Waals surface area contributed by atoms with E-state index in [1.54, 1.807) is 18.3 Å². The van der Waals surface area contributed by atoms with Crippen molar-refractivity contribution in [1.82, 2.24) is 4.98 Å². The zero-order chi connectivity index (χ0) is 15.5. The van der Waals surface area contributed by atoms with E-state index in [1.165, 1.54) is 6.08 Å². The van der Waals surface area contributed by atoms with Gasteiger partial charge in [-0.3, -0.25) is 9.78 Å². The predicted molar refractivity (Wildman–Crippen MR) is 96.7 cm³/mol. The summed E-state index contributed by atoms with van der Waals surface area (Å²) in [6.45, 7) is 0. The number of hydrogen-bond donors (Lipinski definition) is 1. The number of carbonyl (C=O) groups excluding carboxylic acids is 1. The summed E-state index contributed by atoms with van der Waals surface area (Å²) in [4.78, 5) is 15.8. The maximum atomic E-state index is 11.5. The van der Waals surface area contributed by atoms with E-state index in [2.05, 4.69) is 4.98 Å². The highest BCUT2D eigenvalue weighted by atomic mass is 35.5. The normalized spacial score (nSPS) is 11.1. The number of aromatic nitrogens is 1. The van der Waals surface area contributed by atoms with Crippen LogP contribution >= 0.6 is 24.0 Å². The molecule has 0 saturated heterocycles. The van der Waals surface area contributed by atoms with Gasteiger partial charge in [-0.25, -0.2) is 0 Å². The third-order valence-electron chi connectivity index (χ3n) is 3.38. The summed E-state index contributed by atoms with van der Waals surface area (Å²) >= 11 is 5.94. The lowest BCUT2D eigenvalue weighted by atomic mass is 9.94. The summed E-state index contributed by atoms with van der Waals surface area (Å²) < 4.78 is 0. The Labute approximate surface area is 145 Å². The zero-order valence-electron chi connectivity index (χ0n) is 12.1. The Balaban J connectivity index is 0.00000192. The monoisotopic (exact) mass is 344 g/mol. The molecule has 1 heterocycles. The predicted octanol–water partition coefficient (Wildman–Crippen LogP) is 4.23. The van der Waals surface area contributed by atoms with Crippen molar-refractivity contribution >= 4 is 46.4 Å². The Morgan fingerprint density at radius 1 is 1.04 bits per heavy atom. The number of benzene rings is 2. The van der Waals surface area contributed by atoms with Crippen molar-refractivity contribution in [3.8, 4) is 0 Å². The van der Waals surface area contributed by atoms with Gasteiger partial charge in [0.2, 0.25) is 5.91 Å². The number of hydrogen-bond acceptors (Lipinski definition) is 2. The second-order valence-corrected chi connectivity index (χ2v) is 5.28. The van der Waals surface area contributed by atoms with Crippen LogP contribution in [0.15, 0.2) is 66.9 Å². The van der Waals surface area contributed by atoms with Crippen molar-refractivity contribution in [3.63, 3.8) is 0 Å². The minimum atomic E-state index is -0.495. The number of primary amides is 1. The van der Waals surface area contributed by atoms with E-state index in [4.69, 9.17) is 17.3 Å². The fourth-order valence-corrected chi connectivity index (χ4v) is 2.55. The molecular formula is C18H14Cl2N2O. The second kappa shape index (κ2) is 7.27. The smallest absolute Gasteiger partial charge is 0.242 e. The molecule has 1 amide bonds. The van der Waals surface area contributed by atoms with Gasteiger partial charge >= 0.3 is 0 Å². The van der Waals surface area contributed by atoms with E-state index in [0.717, 1.165) is 27.6 Å². The van der Waals surface area contributed by atoms with Gasteiger partial charge in [-0.1, -0.05) is 41.9 Å². The number of carbonyl (C=O) groups is 1. The first-order chi connectivity index (χ1) is 10.6. The molecule has 3 nitrogen and oxygen atoms in total. The SMILES string of the molecule is Cl.NC(=O)C=C(c1ccc(Cl)cc1)c1ccnc2ccccc12. The number of nitrogens with zero attached hydrogens (tertiary/aromatic N) is 1. The molecule has 0 spiro atoms. The van der Waals surface area contributed by atoms with E-state index in [9.17, 15) is 4.79 Å². The Bertz CT molecular complexity index is 868. The standard InChI is InChI=1S/C18H13ClN2O.ClH/c19-13-7-5-12(6-8-13)16(11-18(20)22)14-9-10-21-17-4-2-1-3-15(14)17;/h1-11H,(H2,20,22);1H. The van der Waals surface area contributed by atoms with Crippen molar-refractivity contribution in [2.24, 2.45) is 5.73 Å². The largest absolute Gasteiger partial charge is 0.366 e. The first-order valence-electron chi connectivity index (χ1n) is 6.76. The molecule has 0 atom stereocenters. The fourth-order valence-electron chi connectivity index (χ4n) is 2.42. The number of rotatable bonds is 3. The summed E-state index contributed by atoms with van der Waals surface area (Å²) in [7, 11) is 0. The van der Waals surface area contributed by atoms with E-state index in [1.807, 2.05) is 42.5 Å². The molecule has 3 rings (SSSR count).